The van der Waals surface area contributed by atoms with E-state index in [0.29, 0.717) is 12.5 Å². The van der Waals surface area contributed by atoms with Gasteiger partial charge in [0, 0.05) is 6.61 Å². The van der Waals surface area contributed by atoms with Crippen molar-refractivity contribution in [2.24, 2.45) is 5.92 Å². The highest BCUT2D eigenvalue weighted by Crippen LogP contribution is 2.35. The second-order valence-corrected chi connectivity index (χ2v) is 8.26. The van der Waals surface area contributed by atoms with E-state index >= 15 is 0 Å². The fourth-order valence-electron chi connectivity index (χ4n) is 3.10. The van der Waals surface area contributed by atoms with Crippen LogP contribution in [0.2, 0.25) is 0 Å². The third kappa shape index (κ3) is 20.2. The summed E-state index contributed by atoms with van der Waals surface area (Å²) in [6.07, 6.45) is 17.0. The van der Waals surface area contributed by atoms with Gasteiger partial charge in [-0.1, -0.05) is 84.5 Å². The Bertz CT molecular complexity index is 319. The molecule has 152 valence electrons. The Labute approximate surface area is 155 Å². The lowest BCUT2D eigenvalue weighted by Gasteiger charge is -2.16. The fourth-order valence-corrected chi connectivity index (χ4v) is 3.42. The quantitative estimate of drug-likeness (QED) is 0.217. The number of rotatable bonds is 19. The molecule has 0 spiro atoms. The molecule has 1 unspecified atom stereocenters. The van der Waals surface area contributed by atoms with Crippen molar-refractivity contribution in [2.45, 2.75) is 97.3 Å². The molecule has 0 bridgehead atoms. The molecule has 5 nitrogen and oxygen atoms in total. The van der Waals surface area contributed by atoms with Crippen molar-refractivity contribution < 1.29 is 23.6 Å². The van der Waals surface area contributed by atoms with E-state index < -0.39 is 7.82 Å². The molecule has 1 atom stereocenters. The van der Waals surface area contributed by atoms with Crippen molar-refractivity contribution in [3.8, 4) is 0 Å². The van der Waals surface area contributed by atoms with E-state index in [1.54, 1.807) is 0 Å². The zero-order valence-electron chi connectivity index (χ0n) is 16.5. The topological polar surface area (TPSA) is 76.0 Å². The summed E-state index contributed by atoms with van der Waals surface area (Å²) in [7, 11) is -4.36. The Kier molecular flexibility index (Phi) is 17.5. The molecule has 0 heterocycles. The fraction of sp³-hybridized carbons (Fsp3) is 1.00. The monoisotopic (exact) mass is 380 g/mol. The van der Waals surface area contributed by atoms with Gasteiger partial charge in [0.25, 0.3) is 0 Å². The second-order valence-electron chi connectivity index (χ2n) is 7.02. The van der Waals surface area contributed by atoms with Gasteiger partial charge in [0.05, 0.1) is 13.2 Å². The SMILES string of the molecule is CCCCCCCCCCCCC(CCC)COCCOP(=O)(O)O. The Morgan fingerprint density at radius 2 is 1.32 bits per heavy atom. The molecule has 0 aliphatic rings. The van der Waals surface area contributed by atoms with E-state index in [0.717, 1.165) is 12.8 Å². The molecule has 0 aliphatic heterocycles. The van der Waals surface area contributed by atoms with Crippen LogP contribution < -0.4 is 0 Å². The normalized spacial score (nSPS) is 13.3. The summed E-state index contributed by atoms with van der Waals surface area (Å²) in [5, 5.41) is 0. The molecule has 6 heteroatoms. The maximum atomic E-state index is 10.6. The van der Waals surface area contributed by atoms with Gasteiger partial charge in [0.1, 0.15) is 0 Å². The van der Waals surface area contributed by atoms with Gasteiger partial charge in [0.15, 0.2) is 0 Å². The average molecular weight is 381 g/mol. The van der Waals surface area contributed by atoms with Gasteiger partial charge in [-0.2, -0.15) is 0 Å². The maximum Gasteiger partial charge on any atom is 0.469 e. The summed E-state index contributed by atoms with van der Waals surface area (Å²) in [6.45, 7) is 5.29. The van der Waals surface area contributed by atoms with E-state index in [9.17, 15) is 4.57 Å². The molecule has 0 aromatic carbocycles. The van der Waals surface area contributed by atoms with Crippen LogP contribution in [0.1, 0.15) is 97.3 Å². The highest BCUT2D eigenvalue weighted by Gasteiger charge is 2.13. The highest BCUT2D eigenvalue weighted by atomic mass is 31.2. The van der Waals surface area contributed by atoms with Crippen molar-refractivity contribution >= 4 is 7.82 Å². The Balaban J connectivity index is 3.51. The first kappa shape index (κ1) is 25.1. The van der Waals surface area contributed by atoms with Crippen LogP contribution in [0.15, 0.2) is 0 Å². The number of unbranched alkanes of at least 4 members (excludes halogenated alkanes) is 9. The predicted octanol–water partition coefficient (Wildman–Crippen LogP) is 5.84. The van der Waals surface area contributed by atoms with Crippen molar-refractivity contribution in [1.29, 1.82) is 0 Å². The molecule has 0 amide bonds. The van der Waals surface area contributed by atoms with Gasteiger partial charge in [-0.15, -0.1) is 0 Å². The minimum absolute atomic E-state index is 0.0542. The molecular weight excluding hydrogens is 339 g/mol. The summed E-state index contributed by atoms with van der Waals surface area (Å²) in [5.41, 5.74) is 0. The van der Waals surface area contributed by atoms with Gasteiger partial charge in [-0.05, 0) is 18.8 Å². The van der Waals surface area contributed by atoms with E-state index in [1.807, 2.05) is 0 Å². The smallest absolute Gasteiger partial charge is 0.379 e. The van der Waals surface area contributed by atoms with Gasteiger partial charge >= 0.3 is 7.82 Å². The van der Waals surface area contributed by atoms with Crippen LogP contribution in [0, 0.1) is 5.92 Å². The summed E-state index contributed by atoms with van der Waals surface area (Å²) in [4.78, 5) is 17.2. The lowest BCUT2D eigenvalue weighted by atomic mass is 9.96. The molecule has 0 saturated carbocycles. The van der Waals surface area contributed by atoms with Gasteiger partial charge in [-0.25, -0.2) is 4.57 Å². The van der Waals surface area contributed by atoms with Crippen LogP contribution in [0.3, 0.4) is 0 Å². The van der Waals surface area contributed by atoms with Gasteiger partial charge in [0.2, 0.25) is 0 Å². The molecule has 25 heavy (non-hydrogen) atoms. The lowest BCUT2D eigenvalue weighted by Crippen LogP contribution is -2.12. The van der Waals surface area contributed by atoms with Crippen molar-refractivity contribution in [1.82, 2.24) is 0 Å². The summed E-state index contributed by atoms with van der Waals surface area (Å²) in [6, 6.07) is 0. The van der Waals surface area contributed by atoms with Crippen LogP contribution in [0.25, 0.3) is 0 Å². The molecule has 0 aliphatic carbocycles. The van der Waals surface area contributed by atoms with E-state index in [4.69, 9.17) is 14.5 Å². The number of hydrogen-bond acceptors (Lipinski definition) is 3. The van der Waals surface area contributed by atoms with Crippen molar-refractivity contribution in [2.75, 3.05) is 19.8 Å². The highest BCUT2D eigenvalue weighted by molar-refractivity contribution is 7.46. The summed E-state index contributed by atoms with van der Waals surface area (Å²) >= 11 is 0. The first-order valence-electron chi connectivity index (χ1n) is 10.3. The zero-order valence-corrected chi connectivity index (χ0v) is 17.4. The van der Waals surface area contributed by atoms with Crippen LogP contribution >= 0.6 is 7.82 Å². The number of phosphoric ester groups is 1. The van der Waals surface area contributed by atoms with Crippen molar-refractivity contribution in [3.63, 3.8) is 0 Å². The third-order valence-corrected chi connectivity index (χ3v) is 5.02. The maximum absolute atomic E-state index is 10.6. The minimum atomic E-state index is -4.36. The number of phosphoric acid groups is 1. The summed E-state index contributed by atoms with van der Waals surface area (Å²) < 4.78 is 20.5. The number of ether oxygens (including phenoxy) is 1. The molecule has 0 saturated heterocycles. The summed E-state index contributed by atoms with van der Waals surface area (Å²) in [5.74, 6) is 0.550. The third-order valence-electron chi connectivity index (χ3n) is 4.50. The first-order valence-corrected chi connectivity index (χ1v) is 11.8. The van der Waals surface area contributed by atoms with Crippen LogP contribution in [-0.2, 0) is 13.8 Å². The average Bonchev–Trinajstić information content (AvgIpc) is 2.55. The standard InChI is InChI=1S/C19H41O5P/c1-3-5-6-7-8-9-10-11-12-13-15-19(14-4-2)18-23-16-17-24-25(20,21)22/h19H,3-18H2,1-2H3,(H2,20,21,22). The van der Waals surface area contributed by atoms with Gasteiger partial charge < -0.3 is 14.5 Å². The zero-order chi connectivity index (χ0) is 18.8. The van der Waals surface area contributed by atoms with Gasteiger partial charge in [-0.3, -0.25) is 4.52 Å². The predicted molar refractivity (Wildman–Crippen MR) is 104 cm³/mol. The number of hydrogen-bond donors (Lipinski definition) is 2. The Hall–Kier alpha value is 0.0700. The Morgan fingerprint density at radius 1 is 0.760 bits per heavy atom. The molecule has 0 radical (unpaired) electrons. The largest absolute Gasteiger partial charge is 0.469 e. The first-order chi connectivity index (χ1) is 12.0. The van der Waals surface area contributed by atoms with Crippen LogP contribution in [0.4, 0.5) is 0 Å². The minimum Gasteiger partial charge on any atom is -0.379 e. The molecule has 0 rings (SSSR count). The van der Waals surface area contributed by atoms with E-state index in [-0.39, 0.29) is 13.2 Å². The van der Waals surface area contributed by atoms with Crippen molar-refractivity contribution in [3.05, 3.63) is 0 Å². The van der Waals surface area contributed by atoms with E-state index in [1.165, 1.54) is 70.6 Å². The lowest BCUT2D eigenvalue weighted by molar-refractivity contribution is 0.0593. The molecular formula is C19H41O5P. The molecule has 2 N–H and O–H groups in total. The van der Waals surface area contributed by atoms with Crippen LogP contribution in [-0.4, -0.2) is 29.6 Å². The second kappa shape index (κ2) is 17.5. The van der Waals surface area contributed by atoms with E-state index in [2.05, 4.69) is 18.4 Å². The van der Waals surface area contributed by atoms with Crippen LogP contribution in [0.5, 0.6) is 0 Å². The molecule has 0 aromatic rings. The molecule has 0 fully saturated rings. The molecule has 0 aromatic heterocycles. The Morgan fingerprint density at radius 3 is 1.84 bits per heavy atom.